The van der Waals surface area contributed by atoms with Gasteiger partial charge in [0.15, 0.2) is 0 Å². The van der Waals surface area contributed by atoms with Crippen LogP contribution in [0.15, 0.2) is 87.9 Å². The zero-order valence-corrected chi connectivity index (χ0v) is 21.8. The van der Waals surface area contributed by atoms with Gasteiger partial charge in [-0.2, -0.15) is 4.98 Å². The van der Waals surface area contributed by atoms with Crippen LogP contribution in [-0.2, 0) is 11.3 Å². The number of rotatable bonds is 7. The SMILES string of the molecule is Cc1ccc(C(NC(=O)C2CCN(Cc3nc(-c4cccc(Br)c4)no3)CC2)c2ccccc2)cc1. The first kappa shape index (κ1) is 24.4. The molecule has 6 nitrogen and oxygen atoms in total. The fourth-order valence-electron chi connectivity index (χ4n) is 4.63. The van der Waals surface area contributed by atoms with Crippen molar-refractivity contribution in [3.63, 3.8) is 0 Å². The van der Waals surface area contributed by atoms with Gasteiger partial charge in [-0.05, 0) is 56.1 Å². The van der Waals surface area contributed by atoms with E-state index in [0.717, 1.165) is 47.1 Å². The molecule has 184 valence electrons. The molecule has 36 heavy (non-hydrogen) atoms. The number of aromatic nitrogens is 2. The molecule has 7 heteroatoms. The van der Waals surface area contributed by atoms with Crippen molar-refractivity contribution in [3.8, 4) is 11.4 Å². The highest BCUT2D eigenvalue weighted by Crippen LogP contribution is 2.26. The van der Waals surface area contributed by atoms with Gasteiger partial charge in [0, 0.05) is 16.0 Å². The first-order chi connectivity index (χ1) is 17.5. The fraction of sp³-hybridized carbons (Fsp3) is 0.276. The molecule has 1 saturated heterocycles. The third kappa shape index (κ3) is 5.91. The summed E-state index contributed by atoms with van der Waals surface area (Å²) in [5.74, 6) is 1.27. The van der Waals surface area contributed by atoms with E-state index in [2.05, 4.69) is 79.6 Å². The predicted molar refractivity (Wildman–Crippen MR) is 143 cm³/mol. The Balaban J connectivity index is 1.19. The minimum Gasteiger partial charge on any atom is -0.345 e. The van der Waals surface area contributed by atoms with Crippen molar-refractivity contribution in [2.24, 2.45) is 5.92 Å². The van der Waals surface area contributed by atoms with E-state index < -0.39 is 0 Å². The first-order valence-corrected chi connectivity index (χ1v) is 13.1. The van der Waals surface area contributed by atoms with E-state index in [0.29, 0.717) is 18.3 Å². The molecule has 2 heterocycles. The number of nitrogens with zero attached hydrogens (tertiary/aromatic N) is 3. The molecule has 0 spiro atoms. The normalized spacial score (nSPS) is 15.5. The van der Waals surface area contributed by atoms with Gasteiger partial charge in [-0.3, -0.25) is 9.69 Å². The van der Waals surface area contributed by atoms with Crippen molar-refractivity contribution in [3.05, 3.63) is 106 Å². The maximum atomic E-state index is 13.3. The van der Waals surface area contributed by atoms with Crippen molar-refractivity contribution in [1.29, 1.82) is 0 Å². The number of carbonyl (C=O) groups is 1. The summed E-state index contributed by atoms with van der Waals surface area (Å²) < 4.78 is 6.47. The second-order valence-electron chi connectivity index (χ2n) is 9.34. The molecule has 3 aromatic carbocycles. The molecular weight excluding hydrogens is 516 g/mol. The minimum absolute atomic E-state index is 0.0159. The van der Waals surface area contributed by atoms with Gasteiger partial charge in [0.2, 0.25) is 17.6 Å². The first-order valence-electron chi connectivity index (χ1n) is 12.3. The number of likely N-dealkylation sites (tertiary alicyclic amines) is 1. The van der Waals surface area contributed by atoms with E-state index in [1.807, 2.05) is 42.5 Å². The van der Waals surface area contributed by atoms with Crippen LogP contribution in [0.5, 0.6) is 0 Å². The zero-order valence-electron chi connectivity index (χ0n) is 20.2. The summed E-state index contributed by atoms with van der Waals surface area (Å²) in [5, 5.41) is 7.46. The van der Waals surface area contributed by atoms with Crippen molar-refractivity contribution in [1.82, 2.24) is 20.4 Å². The number of benzene rings is 3. The van der Waals surface area contributed by atoms with Crippen LogP contribution in [0, 0.1) is 12.8 Å². The molecule has 0 saturated carbocycles. The molecule has 0 radical (unpaired) electrons. The Labute approximate surface area is 219 Å². The highest BCUT2D eigenvalue weighted by Gasteiger charge is 2.28. The topological polar surface area (TPSA) is 71.3 Å². The van der Waals surface area contributed by atoms with Crippen LogP contribution in [0.4, 0.5) is 0 Å². The van der Waals surface area contributed by atoms with Gasteiger partial charge in [-0.15, -0.1) is 0 Å². The van der Waals surface area contributed by atoms with E-state index in [4.69, 9.17) is 4.52 Å². The summed E-state index contributed by atoms with van der Waals surface area (Å²) in [4.78, 5) is 20.1. The zero-order chi connectivity index (χ0) is 24.9. The summed E-state index contributed by atoms with van der Waals surface area (Å²) in [6, 6.07) is 26.2. The van der Waals surface area contributed by atoms with Crippen LogP contribution in [0.2, 0.25) is 0 Å². The van der Waals surface area contributed by atoms with Crippen LogP contribution in [0.1, 0.15) is 41.5 Å². The van der Waals surface area contributed by atoms with Crippen molar-refractivity contribution in [2.45, 2.75) is 32.4 Å². The Kier molecular flexibility index (Phi) is 7.58. The summed E-state index contributed by atoms with van der Waals surface area (Å²) in [6.45, 7) is 4.29. The van der Waals surface area contributed by atoms with E-state index in [1.165, 1.54) is 5.56 Å². The van der Waals surface area contributed by atoms with Gasteiger partial charge in [0.05, 0.1) is 12.6 Å². The minimum atomic E-state index is -0.160. The molecule has 0 bridgehead atoms. The molecule has 1 unspecified atom stereocenters. The number of hydrogen-bond acceptors (Lipinski definition) is 5. The van der Waals surface area contributed by atoms with E-state index >= 15 is 0 Å². The maximum absolute atomic E-state index is 13.3. The smallest absolute Gasteiger partial charge is 0.241 e. The van der Waals surface area contributed by atoms with Gasteiger partial charge in [-0.1, -0.05) is 93.4 Å². The number of nitrogens with one attached hydrogen (secondary N) is 1. The number of aryl methyl sites for hydroxylation is 1. The molecule has 5 rings (SSSR count). The van der Waals surface area contributed by atoms with Crippen molar-refractivity contribution in [2.75, 3.05) is 13.1 Å². The van der Waals surface area contributed by atoms with E-state index in [-0.39, 0.29) is 17.9 Å². The average molecular weight is 545 g/mol. The van der Waals surface area contributed by atoms with Crippen LogP contribution in [0.3, 0.4) is 0 Å². The summed E-state index contributed by atoms with van der Waals surface area (Å²) in [6.07, 6.45) is 1.60. The van der Waals surface area contributed by atoms with Gasteiger partial charge in [-0.25, -0.2) is 0 Å². The fourth-order valence-corrected chi connectivity index (χ4v) is 5.03. The lowest BCUT2D eigenvalue weighted by Gasteiger charge is -2.31. The number of piperidine rings is 1. The highest BCUT2D eigenvalue weighted by molar-refractivity contribution is 9.10. The number of hydrogen-bond donors (Lipinski definition) is 1. The molecule has 1 aliphatic heterocycles. The van der Waals surface area contributed by atoms with Crippen LogP contribution < -0.4 is 5.32 Å². The largest absolute Gasteiger partial charge is 0.345 e. The Morgan fingerprint density at radius 2 is 1.75 bits per heavy atom. The predicted octanol–water partition coefficient (Wildman–Crippen LogP) is 5.93. The monoisotopic (exact) mass is 544 g/mol. The standard InChI is InChI=1S/C29H29BrN4O2/c1-20-10-12-22(13-11-20)27(21-6-3-2-4-7-21)32-29(35)23-14-16-34(17-15-23)19-26-31-28(33-36-26)24-8-5-9-25(30)18-24/h2-13,18,23,27H,14-17,19H2,1H3,(H,32,35). The Hall–Kier alpha value is -3.29. The van der Waals surface area contributed by atoms with Crippen LogP contribution in [0.25, 0.3) is 11.4 Å². The Morgan fingerprint density at radius 3 is 2.47 bits per heavy atom. The lowest BCUT2D eigenvalue weighted by atomic mass is 9.93. The molecule has 1 aromatic heterocycles. The Bertz CT molecular complexity index is 1300. The third-order valence-corrected chi connectivity index (χ3v) is 7.19. The maximum Gasteiger partial charge on any atom is 0.241 e. The number of carbonyl (C=O) groups excluding carboxylic acids is 1. The van der Waals surface area contributed by atoms with Crippen molar-refractivity contribution >= 4 is 21.8 Å². The molecule has 1 atom stereocenters. The van der Waals surface area contributed by atoms with E-state index in [9.17, 15) is 4.79 Å². The molecule has 1 fully saturated rings. The Morgan fingerprint density at radius 1 is 1.03 bits per heavy atom. The van der Waals surface area contributed by atoms with Gasteiger partial charge in [0.1, 0.15) is 0 Å². The molecule has 1 aliphatic rings. The van der Waals surface area contributed by atoms with Gasteiger partial charge in [0.25, 0.3) is 0 Å². The lowest BCUT2D eigenvalue weighted by molar-refractivity contribution is -0.127. The molecule has 1 amide bonds. The highest BCUT2D eigenvalue weighted by atomic mass is 79.9. The second-order valence-corrected chi connectivity index (χ2v) is 10.3. The molecule has 4 aromatic rings. The van der Waals surface area contributed by atoms with Crippen LogP contribution in [-0.4, -0.2) is 34.0 Å². The summed E-state index contributed by atoms with van der Waals surface area (Å²) >= 11 is 3.48. The third-order valence-electron chi connectivity index (χ3n) is 6.70. The average Bonchev–Trinajstić information content (AvgIpc) is 3.37. The van der Waals surface area contributed by atoms with Crippen molar-refractivity contribution < 1.29 is 9.32 Å². The number of halogens is 1. The quantitative estimate of drug-likeness (QED) is 0.312. The summed E-state index contributed by atoms with van der Waals surface area (Å²) in [7, 11) is 0. The van der Waals surface area contributed by atoms with Crippen LogP contribution >= 0.6 is 15.9 Å². The molecular formula is C29H29BrN4O2. The molecule has 1 N–H and O–H groups in total. The van der Waals surface area contributed by atoms with Gasteiger partial charge >= 0.3 is 0 Å². The van der Waals surface area contributed by atoms with E-state index in [1.54, 1.807) is 0 Å². The van der Waals surface area contributed by atoms with Gasteiger partial charge < -0.3 is 9.84 Å². The lowest BCUT2D eigenvalue weighted by Crippen LogP contribution is -2.41. The number of amides is 1. The second kappa shape index (κ2) is 11.2. The summed E-state index contributed by atoms with van der Waals surface area (Å²) in [5.41, 5.74) is 4.30. The molecule has 0 aliphatic carbocycles.